The zero-order valence-electron chi connectivity index (χ0n) is 9.39. The van der Waals surface area contributed by atoms with Gasteiger partial charge in [-0.05, 0) is 31.1 Å². The van der Waals surface area contributed by atoms with Crippen LogP contribution in [0.5, 0.6) is 0 Å². The maximum atomic E-state index is 12.1. The van der Waals surface area contributed by atoms with Gasteiger partial charge in [0.15, 0.2) is 0 Å². The summed E-state index contributed by atoms with van der Waals surface area (Å²) in [7, 11) is 0. The normalized spacial score (nSPS) is 44.4. The first-order chi connectivity index (χ1) is 6.32. The second kappa shape index (κ2) is 2.47. The molecule has 78 valence electrons. The summed E-state index contributed by atoms with van der Waals surface area (Å²) < 4.78 is 0. The van der Waals surface area contributed by atoms with Gasteiger partial charge < -0.3 is 0 Å². The molecule has 3 atom stereocenters. The lowest BCUT2D eigenvalue weighted by atomic mass is 9.70. The van der Waals surface area contributed by atoms with Crippen molar-refractivity contribution in [3.8, 4) is 0 Å². The zero-order valence-corrected chi connectivity index (χ0v) is 9.39. The minimum atomic E-state index is -0.302. The fraction of sp³-hybridized carbons (Fsp3) is 0.833. The summed E-state index contributed by atoms with van der Waals surface area (Å²) in [5, 5.41) is 0. The molecule has 2 nitrogen and oxygen atoms in total. The van der Waals surface area contributed by atoms with E-state index in [1.807, 2.05) is 6.92 Å². The SMILES string of the molecule is CC(=O)[C@@H]1C(=O)[C@]2(C)CC[C@H]1C2(C)C. The van der Waals surface area contributed by atoms with Gasteiger partial charge in [-0.25, -0.2) is 0 Å². The van der Waals surface area contributed by atoms with Crippen molar-refractivity contribution in [1.82, 2.24) is 0 Å². The number of rotatable bonds is 1. The largest absolute Gasteiger partial charge is 0.299 e. The first kappa shape index (κ1) is 9.88. The molecule has 0 saturated heterocycles. The molecule has 0 aromatic rings. The Balaban J connectivity index is 2.49. The third-order valence-corrected chi connectivity index (χ3v) is 4.97. The Morgan fingerprint density at radius 1 is 1.36 bits per heavy atom. The van der Waals surface area contributed by atoms with Crippen molar-refractivity contribution in [2.45, 2.75) is 40.5 Å². The standard InChI is InChI=1S/C12H18O2/c1-7(13)9-8-5-6-12(4,10(9)14)11(8,2)3/h8-9H,5-6H2,1-4H3/t8-,9+,12+/m1/s1. The van der Waals surface area contributed by atoms with Crippen molar-refractivity contribution in [1.29, 1.82) is 0 Å². The summed E-state index contributed by atoms with van der Waals surface area (Å²) in [5.41, 5.74) is -0.228. The molecule has 0 aromatic heterocycles. The Labute approximate surface area is 85.1 Å². The summed E-state index contributed by atoms with van der Waals surface area (Å²) >= 11 is 0. The minimum absolute atomic E-state index is 0.0143. The van der Waals surface area contributed by atoms with Gasteiger partial charge in [-0.1, -0.05) is 20.8 Å². The van der Waals surface area contributed by atoms with Crippen molar-refractivity contribution in [3.05, 3.63) is 0 Å². The Morgan fingerprint density at radius 2 is 1.93 bits per heavy atom. The Kier molecular flexibility index (Phi) is 1.74. The van der Waals surface area contributed by atoms with Crippen LogP contribution < -0.4 is 0 Å². The van der Waals surface area contributed by atoms with E-state index in [1.165, 1.54) is 0 Å². The Bertz CT molecular complexity index is 316. The fourth-order valence-electron chi connectivity index (χ4n) is 3.55. The number of Topliss-reactive ketones (excluding diaryl/α,β-unsaturated/α-hetero) is 2. The molecule has 0 N–H and O–H groups in total. The van der Waals surface area contributed by atoms with Crippen molar-refractivity contribution in [3.63, 3.8) is 0 Å². The molecule has 0 heterocycles. The highest BCUT2D eigenvalue weighted by Gasteiger charge is 2.67. The van der Waals surface area contributed by atoms with E-state index in [0.29, 0.717) is 0 Å². The van der Waals surface area contributed by atoms with E-state index in [1.54, 1.807) is 6.92 Å². The van der Waals surface area contributed by atoms with E-state index in [2.05, 4.69) is 13.8 Å². The fourth-order valence-corrected chi connectivity index (χ4v) is 3.55. The predicted molar refractivity (Wildman–Crippen MR) is 53.8 cm³/mol. The topological polar surface area (TPSA) is 34.1 Å². The monoisotopic (exact) mass is 194 g/mol. The number of carbonyl (C=O) groups is 2. The van der Waals surface area contributed by atoms with E-state index in [9.17, 15) is 9.59 Å². The Hall–Kier alpha value is -0.660. The van der Waals surface area contributed by atoms with Gasteiger partial charge in [0.1, 0.15) is 11.6 Å². The van der Waals surface area contributed by atoms with Crippen LogP contribution in [0.1, 0.15) is 40.5 Å². The lowest BCUT2D eigenvalue weighted by Crippen LogP contribution is -2.34. The van der Waals surface area contributed by atoms with Crippen LogP contribution in [0.25, 0.3) is 0 Å². The van der Waals surface area contributed by atoms with E-state index in [-0.39, 0.29) is 34.2 Å². The van der Waals surface area contributed by atoms with Gasteiger partial charge in [0.25, 0.3) is 0 Å². The van der Waals surface area contributed by atoms with Crippen LogP contribution in [0.3, 0.4) is 0 Å². The summed E-state index contributed by atoms with van der Waals surface area (Å²) in [6.07, 6.45) is 2.01. The third-order valence-electron chi connectivity index (χ3n) is 4.97. The average molecular weight is 194 g/mol. The molecule has 2 rings (SSSR count). The number of fused-ring (bicyclic) bond motifs is 2. The van der Waals surface area contributed by atoms with Gasteiger partial charge in [0, 0.05) is 5.41 Å². The predicted octanol–water partition coefficient (Wildman–Crippen LogP) is 2.22. The summed E-state index contributed by atoms with van der Waals surface area (Å²) in [4.78, 5) is 23.6. The summed E-state index contributed by atoms with van der Waals surface area (Å²) in [6.45, 7) is 7.89. The molecular formula is C12H18O2. The van der Waals surface area contributed by atoms with E-state index in [4.69, 9.17) is 0 Å². The molecule has 14 heavy (non-hydrogen) atoms. The number of carbonyl (C=O) groups excluding carboxylic acids is 2. The van der Waals surface area contributed by atoms with Crippen LogP contribution in [0.4, 0.5) is 0 Å². The lowest BCUT2D eigenvalue weighted by Gasteiger charge is -2.32. The van der Waals surface area contributed by atoms with Crippen LogP contribution in [0.15, 0.2) is 0 Å². The van der Waals surface area contributed by atoms with Crippen LogP contribution >= 0.6 is 0 Å². The average Bonchev–Trinajstić information content (AvgIpc) is 2.35. The molecule has 2 heteroatoms. The lowest BCUT2D eigenvalue weighted by molar-refractivity contribution is -0.137. The molecular weight excluding hydrogens is 176 g/mol. The maximum Gasteiger partial charge on any atom is 0.150 e. The van der Waals surface area contributed by atoms with Crippen LogP contribution in [0, 0.1) is 22.7 Å². The first-order valence-electron chi connectivity index (χ1n) is 5.37. The van der Waals surface area contributed by atoms with Gasteiger partial charge in [-0.15, -0.1) is 0 Å². The maximum absolute atomic E-state index is 12.1. The van der Waals surface area contributed by atoms with Crippen LogP contribution in [0.2, 0.25) is 0 Å². The van der Waals surface area contributed by atoms with Crippen molar-refractivity contribution in [2.75, 3.05) is 0 Å². The second-order valence-electron chi connectivity index (χ2n) is 5.65. The Morgan fingerprint density at radius 3 is 2.21 bits per heavy atom. The van der Waals surface area contributed by atoms with Crippen molar-refractivity contribution >= 4 is 11.6 Å². The van der Waals surface area contributed by atoms with E-state index in [0.717, 1.165) is 12.8 Å². The van der Waals surface area contributed by atoms with Gasteiger partial charge in [0.05, 0.1) is 5.92 Å². The molecule has 0 aromatic carbocycles. The van der Waals surface area contributed by atoms with Gasteiger partial charge in [-0.3, -0.25) is 9.59 Å². The number of hydrogen-bond donors (Lipinski definition) is 0. The van der Waals surface area contributed by atoms with E-state index < -0.39 is 0 Å². The molecule has 2 aliphatic carbocycles. The van der Waals surface area contributed by atoms with Crippen LogP contribution in [-0.2, 0) is 9.59 Å². The smallest absolute Gasteiger partial charge is 0.150 e. The van der Waals surface area contributed by atoms with Gasteiger partial charge >= 0.3 is 0 Å². The van der Waals surface area contributed by atoms with E-state index >= 15 is 0 Å². The highest BCUT2D eigenvalue weighted by atomic mass is 16.2. The van der Waals surface area contributed by atoms with Crippen molar-refractivity contribution < 1.29 is 9.59 Å². The van der Waals surface area contributed by atoms with Gasteiger partial charge in [0.2, 0.25) is 0 Å². The molecule has 2 fully saturated rings. The molecule has 0 aliphatic heterocycles. The molecule has 2 saturated carbocycles. The zero-order chi connectivity index (χ0) is 10.7. The van der Waals surface area contributed by atoms with Gasteiger partial charge in [-0.2, -0.15) is 0 Å². The van der Waals surface area contributed by atoms with Crippen molar-refractivity contribution in [2.24, 2.45) is 22.7 Å². The highest BCUT2D eigenvalue weighted by molar-refractivity contribution is 6.07. The minimum Gasteiger partial charge on any atom is -0.299 e. The second-order valence-corrected chi connectivity index (χ2v) is 5.65. The molecule has 0 spiro atoms. The quantitative estimate of drug-likeness (QED) is 0.600. The highest BCUT2D eigenvalue weighted by Crippen LogP contribution is 2.65. The molecule has 0 amide bonds. The van der Waals surface area contributed by atoms with Crippen LogP contribution in [-0.4, -0.2) is 11.6 Å². The number of hydrogen-bond acceptors (Lipinski definition) is 2. The third kappa shape index (κ3) is 0.825. The number of ketones is 2. The summed E-state index contributed by atoms with van der Waals surface area (Å²) in [6, 6.07) is 0. The first-order valence-corrected chi connectivity index (χ1v) is 5.37. The molecule has 0 radical (unpaired) electrons. The molecule has 2 bridgehead atoms. The molecule has 0 unspecified atom stereocenters. The molecule has 2 aliphatic rings. The summed E-state index contributed by atoms with van der Waals surface area (Å²) in [5.74, 6) is 0.254.